The third-order valence-electron chi connectivity index (χ3n) is 3.78. The minimum absolute atomic E-state index is 0.0683. The molecule has 19 heavy (non-hydrogen) atoms. The number of nitrogens with zero attached hydrogens (tertiary/aromatic N) is 1. The van der Waals surface area contributed by atoms with Crippen molar-refractivity contribution in [3.05, 3.63) is 41.0 Å². The molecule has 3 heteroatoms. The topological polar surface area (TPSA) is 29.5 Å². The number of amides is 1. The third-order valence-corrected chi connectivity index (χ3v) is 3.78. The van der Waals surface area contributed by atoms with Gasteiger partial charge in [0, 0.05) is 20.2 Å². The fourth-order valence-electron chi connectivity index (χ4n) is 2.45. The van der Waals surface area contributed by atoms with Crippen LogP contribution in [0, 0.1) is 13.8 Å². The van der Waals surface area contributed by atoms with Gasteiger partial charge in [-0.3, -0.25) is 4.79 Å². The number of aryl methyl sites for hydroxylation is 1. The number of hydrogen-bond donors (Lipinski definition) is 0. The van der Waals surface area contributed by atoms with Crippen molar-refractivity contribution in [2.45, 2.75) is 20.3 Å². The summed E-state index contributed by atoms with van der Waals surface area (Å²) in [6.07, 6.45) is 3.08. The average Bonchev–Trinajstić information content (AvgIpc) is 2.42. The summed E-state index contributed by atoms with van der Waals surface area (Å²) in [6.45, 7) is 5.93. The van der Waals surface area contributed by atoms with Gasteiger partial charge in [-0.15, -0.1) is 0 Å². The maximum Gasteiger partial charge on any atom is 0.248 e. The summed E-state index contributed by atoms with van der Waals surface area (Å²) < 4.78 is 4.89. The lowest BCUT2D eigenvalue weighted by Crippen LogP contribution is -2.36. The zero-order valence-corrected chi connectivity index (χ0v) is 11.9. The van der Waals surface area contributed by atoms with E-state index in [9.17, 15) is 4.79 Å². The smallest absolute Gasteiger partial charge is 0.248 e. The highest BCUT2D eigenvalue weighted by atomic mass is 16.5. The summed E-state index contributed by atoms with van der Waals surface area (Å²) in [5.41, 5.74) is 5.32. The molecule has 0 saturated heterocycles. The molecule has 0 bridgehead atoms. The normalized spacial score (nSPS) is 15.3. The van der Waals surface area contributed by atoms with Gasteiger partial charge in [0.2, 0.25) is 5.91 Å². The molecule has 1 aromatic carbocycles. The lowest BCUT2D eigenvalue weighted by molar-refractivity contribution is -0.134. The number of methoxy groups -OCH3 is 1. The van der Waals surface area contributed by atoms with Gasteiger partial charge >= 0.3 is 0 Å². The fraction of sp³-hybridized carbons (Fsp3) is 0.438. The molecule has 1 aliphatic rings. The van der Waals surface area contributed by atoms with E-state index in [0.29, 0.717) is 6.54 Å². The van der Waals surface area contributed by atoms with Crippen molar-refractivity contribution < 1.29 is 9.53 Å². The highest BCUT2D eigenvalue weighted by Gasteiger charge is 2.18. The predicted molar refractivity (Wildman–Crippen MR) is 77.0 cm³/mol. The quantitative estimate of drug-likeness (QED) is 0.835. The van der Waals surface area contributed by atoms with Crippen LogP contribution in [0.3, 0.4) is 0 Å². The zero-order chi connectivity index (χ0) is 13.8. The standard InChI is InChI=1S/C16H21NO2/c1-12-5-4-6-15(13(12)2)14-7-9-17(10-8-14)16(18)11-19-3/h4-7H,8-11H2,1-3H3. The first-order chi connectivity index (χ1) is 9.13. The second kappa shape index (κ2) is 6.02. The molecule has 0 aromatic heterocycles. The Morgan fingerprint density at radius 3 is 2.79 bits per heavy atom. The van der Waals surface area contributed by atoms with Crippen LogP contribution in [-0.2, 0) is 9.53 Å². The van der Waals surface area contributed by atoms with E-state index in [2.05, 4.69) is 38.1 Å². The Morgan fingerprint density at radius 1 is 1.37 bits per heavy atom. The Kier molecular flexibility index (Phi) is 4.38. The first-order valence-electron chi connectivity index (χ1n) is 6.66. The molecule has 0 aliphatic carbocycles. The summed E-state index contributed by atoms with van der Waals surface area (Å²) in [4.78, 5) is 13.6. The van der Waals surface area contributed by atoms with E-state index in [1.54, 1.807) is 7.11 Å². The molecule has 102 valence electrons. The predicted octanol–water partition coefficient (Wildman–Crippen LogP) is 2.57. The van der Waals surface area contributed by atoms with Gasteiger partial charge in [-0.25, -0.2) is 0 Å². The van der Waals surface area contributed by atoms with Crippen LogP contribution in [0.1, 0.15) is 23.1 Å². The molecule has 0 unspecified atom stereocenters. The lowest BCUT2D eigenvalue weighted by Gasteiger charge is -2.27. The van der Waals surface area contributed by atoms with Crippen molar-refractivity contribution in [2.24, 2.45) is 0 Å². The second-order valence-corrected chi connectivity index (χ2v) is 5.00. The van der Waals surface area contributed by atoms with E-state index >= 15 is 0 Å². The van der Waals surface area contributed by atoms with Crippen LogP contribution in [0.15, 0.2) is 24.3 Å². The van der Waals surface area contributed by atoms with Crippen molar-refractivity contribution >= 4 is 11.5 Å². The Hall–Kier alpha value is -1.61. The van der Waals surface area contributed by atoms with Crippen molar-refractivity contribution in [3.63, 3.8) is 0 Å². The number of rotatable bonds is 3. The molecule has 1 heterocycles. The van der Waals surface area contributed by atoms with Crippen LogP contribution >= 0.6 is 0 Å². The molecular weight excluding hydrogens is 238 g/mol. The fourth-order valence-corrected chi connectivity index (χ4v) is 2.45. The minimum atomic E-state index is 0.0683. The molecular formula is C16H21NO2. The molecule has 0 atom stereocenters. The number of benzene rings is 1. The van der Waals surface area contributed by atoms with Crippen LogP contribution in [0.25, 0.3) is 5.57 Å². The lowest BCUT2D eigenvalue weighted by atomic mass is 9.93. The Balaban J connectivity index is 2.13. The van der Waals surface area contributed by atoms with Gasteiger partial charge in [-0.05, 0) is 42.5 Å². The van der Waals surface area contributed by atoms with E-state index in [0.717, 1.165) is 13.0 Å². The monoisotopic (exact) mass is 259 g/mol. The highest BCUT2D eigenvalue weighted by Crippen LogP contribution is 2.26. The zero-order valence-electron chi connectivity index (χ0n) is 11.9. The van der Waals surface area contributed by atoms with Gasteiger partial charge in [0.25, 0.3) is 0 Å². The highest BCUT2D eigenvalue weighted by molar-refractivity contribution is 5.79. The first kappa shape index (κ1) is 13.8. The Labute approximate surface area is 114 Å². The van der Waals surface area contributed by atoms with Gasteiger partial charge in [0.1, 0.15) is 6.61 Å². The second-order valence-electron chi connectivity index (χ2n) is 5.00. The van der Waals surface area contributed by atoms with E-state index in [1.807, 2.05) is 4.90 Å². The third kappa shape index (κ3) is 3.04. The molecule has 0 spiro atoms. The van der Waals surface area contributed by atoms with Crippen molar-refractivity contribution in [3.8, 4) is 0 Å². The Bertz CT molecular complexity index is 505. The van der Waals surface area contributed by atoms with Crippen molar-refractivity contribution in [1.82, 2.24) is 4.90 Å². The van der Waals surface area contributed by atoms with E-state index < -0.39 is 0 Å². The molecule has 1 aliphatic heterocycles. The molecule has 1 amide bonds. The molecule has 3 nitrogen and oxygen atoms in total. The maximum atomic E-state index is 11.7. The molecule has 1 aromatic rings. The summed E-state index contributed by atoms with van der Waals surface area (Å²) in [5, 5.41) is 0. The number of carbonyl (C=O) groups is 1. The van der Waals surface area contributed by atoms with Crippen LogP contribution in [0.2, 0.25) is 0 Å². The first-order valence-corrected chi connectivity index (χ1v) is 6.66. The van der Waals surface area contributed by atoms with Crippen LogP contribution < -0.4 is 0 Å². The SMILES string of the molecule is COCC(=O)N1CC=C(c2cccc(C)c2C)CC1. The molecule has 0 fully saturated rings. The van der Waals surface area contributed by atoms with E-state index in [4.69, 9.17) is 4.74 Å². The van der Waals surface area contributed by atoms with Gasteiger partial charge in [0.15, 0.2) is 0 Å². The van der Waals surface area contributed by atoms with Gasteiger partial charge in [-0.1, -0.05) is 24.3 Å². The summed E-state index contributed by atoms with van der Waals surface area (Å²) in [6, 6.07) is 6.40. The van der Waals surface area contributed by atoms with Crippen LogP contribution in [0.5, 0.6) is 0 Å². The van der Waals surface area contributed by atoms with Crippen LogP contribution in [-0.4, -0.2) is 37.6 Å². The summed E-state index contributed by atoms with van der Waals surface area (Å²) in [7, 11) is 1.55. The number of ether oxygens (including phenoxy) is 1. The number of carbonyl (C=O) groups excluding carboxylic acids is 1. The minimum Gasteiger partial charge on any atom is -0.375 e. The number of hydrogen-bond acceptors (Lipinski definition) is 2. The van der Waals surface area contributed by atoms with Gasteiger partial charge in [-0.2, -0.15) is 0 Å². The largest absolute Gasteiger partial charge is 0.375 e. The van der Waals surface area contributed by atoms with Crippen LogP contribution in [0.4, 0.5) is 0 Å². The molecule has 2 rings (SSSR count). The molecule has 0 saturated carbocycles. The summed E-state index contributed by atoms with van der Waals surface area (Å²) in [5.74, 6) is 0.0683. The van der Waals surface area contributed by atoms with E-state index in [1.165, 1.54) is 22.3 Å². The van der Waals surface area contributed by atoms with E-state index in [-0.39, 0.29) is 12.5 Å². The molecule has 0 N–H and O–H groups in total. The summed E-state index contributed by atoms with van der Waals surface area (Å²) >= 11 is 0. The van der Waals surface area contributed by atoms with Crippen molar-refractivity contribution in [1.29, 1.82) is 0 Å². The van der Waals surface area contributed by atoms with Gasteiger partial charge < -0.3 is 9.64 Å². The van der Waals surface area contributed by atoms with Crippen molar-refractivity contribution in [2.75, 3.05) is 26.8 Å². The van der Waals surface area contributed by atoms with Gasteiger partial charge in [0.05, 0.1) is 0 Å². The maximum absolute atomic E-state index is 11.7. The molecule has 0 radical (unpaired) electrons. The Morgan fingerprint density at radius 2 is 2.16 bits per heavy atom. The average molecular weight is 259 g/mol.